The highest BCUT2D eigenvalue weighted by Crippen LogP contribution is 2.49. The molecule has 0 heterocycles. The van der Waals surface area contributed by atoms with Crippen LogP contribution in [0.3, 0.4) is 0 Å². The molecule has 0 aliphatic heterocycles. The predicted molar refractivity (Wildman–Crippen MR) is 102 cm³/mol. The monoisotopic (exact) mass is 455 g/mol. The number of hydrogen-bond donors (Lipinski definition) is 2. The van der Waals surface area contributed by atoms with Gasteiger partial charge in [0, 0.05) is 18.5 Å². The van der Waals surface area contributed by atoms with Crippen molar-refractivity contribution in [1.29, 1.82) is 0 Å². The van der Waals surface area contributed by atoms with Gasteiger partial charge in [-0.15, -0.1) is 24.0 Å². The van der Waals surface area contributed by atoms with Crippen LogP contribution in [0.4, 0.5) is 13.2 Å². The lowest BCUT2D eigenvalue weighted by Gasteiger charge is -2.18. The third-order valence-corrected chi connectivity index (χ3v) is 4.15. The summed E-state index contributed by atoms with van der Waals surface area (Å²) in [4.78, 5) is 4.51. The summed E-state index contributed by atoms with van der Waals surface area (Å²) in [6, 6.07) is 8.26. The second-order valence-electron chi connectivity index (χ2n) is 6.08. The molecule has 0 atom stereocenters. The highest BCUT2D eigenvalue weighted by atomic mass is 127. The Bertz CT molecular complexity index is 554. The summed E-state index contributed by atoms with van der Waals surface area (Å²) < 4.78 is 36.7. The van der Waals surface area contributed by atoms with Gasteiger partial charge in [0.05, 0.1) is 13.0 Å². The van der Waals surface area contributed by atoms with Crippen molar-refractivity contribution in [2.45, 2.75) is 44.7 Å². The summed E-state index contributed by atoms with van der Waals surface area (Å²) in [5.41, 5.74) is 2.60. The minimum Gasteiger partial charge on any atom is -0.357 e. The Morgan fingerprint density at radius 2 is 1.88 bits per heavy atom. The van der Waals surface area contributed by atoms with Crippen LogP contribution in [0.1, 0.15) is 37.3 Å². The fourth-order valence-electron chi connectivity index (χ4n) is 2.73. The smallest absolute Gasteiger partial charge is 0.357 e. The van der Waals surface area contributed by atoms with Crippen LogP contribution in [0.5, 0.6) is 0 Å². The number of guanidine groups is 1. The maximum atomic E-state index is 12.2. The van der Waals surface area contributed by atoms with E-state index in [9.17, 15) is 13.2 Å². The highest BCUT2D eigenvalue weighted by Gasteiger charge is 2.44. The van der Waals surface area contributed by atoms with E-state index in [1.54, 1.807) is 0 Å². The van der Waals surface area contributed by atoms with Crippen molar-refractivity contribution in [3.8, 4) is 0 Å². The zero-order chi connectivity index (χ0) is 16.9. The molecule has 2 rings (SSSR count). The summed E-state index contributed by atoms with van der Waals surface area (Å²) in [6.45, 7) is 5.04. The van der Waals surface area contributed by atoms with E-state index in [-0.39, 0.29) is 35.9 Å². The molecule has 0 unspecified atom stereocenters. The van der Waals surface area contributed by atoms with Crippen LogP contribution in [0.2, 0.25) is 0 Å². The summed E-state index contributed by atoms with van der Waals surface area (Å²) in [6.07, 6.45) is -2.86. The molecular weight excluding hydrogens is 430 g/mol. The molecule has 1 aromatic carbocycles. The Hall–Kier alpha value is -0.990. The maximum Gasteiger partial charge on any atom is 0.390 e. The molecule has 0 bridgehead atoms. The third-order valence-electron chi connectivity index (χ3n) is 4.15. The average molecular weight is 455 g/mol. The van der Waals surface area contributed by atoms with Crippen LogP contribution in [0.25, 0.3) is 0 Å². The van der Waals surface area contributed by atoms with Crippen molar-refractivity contribution < 1.29 is 13.2 Å². The van der Waals surface area contributed by atoms with E-state index in [4.69, 9.17) is 0 Å². The van der Waals surface area contributed by atoms with E-state index in [1.807, 2.05) is 19.1 Å². The fourth-order valence-corrected chi connectivity index (χ4v) is 2.73. The second kappa shape index (κ2) is 8.92. The van der Waals surface area contributed by atoms with Gasteiger partial charge in [0.15, 0.2) is 5.96 Å². The topological polar surface area (TPSA) is 36.4 Å². The lowest BCUT2D eigenvalue weighted by atomic mass is 9.92. The summed E-state index contributed by atoms with van der Waals surface area (Å²) in [5.74, 6) is 0.455. The predicted octanol–water partition coefficient (Wildman–Crippen LogP) is 4.15. The van der Waals surface area contributed by atoms with Gasteiger partial charge in [-0.05, 0) is 37.8 Å². The van der Waals surface area contributed by atoms with Crippen LogP contribution in [0.15, 0.2) is 29.3 Å². The van der Waals surface area contributed by atoms with Gasteiger partial charge in [0.25, 0.3) is 0 Å². The zero-order valence-electron chi connectivity index (χ0n) is 14.0. The third kappa shape index (κ3) is 6.14. The molecule has 3 nitrogen and oxygen atoms in total. The SMILES string of the molecule is CCNC(=NCC1(c2ccccc2C)CC1)NCCC(F)(F)F.I. The number of alkyl halides is 3. The highest BCUT2D eigenvalue weighted by molar-refractivity contribution is 14.0. The molecule has 0 aromatic heterocycles. The Morgan fingerprint density at radius 1 is 1.21 bits per heavy atom. The number of benzene rings is 1. The molecule has 0 saturated heterocycles. The number of nitrogens with one attached hydrogen (secondary N) is 2. The molecule has 0 amide bonds. The zero-order valence-corrected chi connectivity index (χ0v) is 16.4. The van der Waals surface area contributed by atoms with Crippen LogP contribution in [-0.2, 0) is 5.41 Å². The fraction of sp³-hybridized carbons (Fsp3) is 0.588. The lowest BCUT2D eigenvalue weighted by molar-refractivity contribution is -0.132. The van der Waals surface area contributed by atoms with Crippen molar-refractivity contribution in [3.05, 3.63) is 35.4 Å². The minimum absolute atomic E-state index is 0. The number of rotatable bonds is 6. The van der Waals surface area contributed by atoms with Gasteiger partial charge < -0.3 is 10.6 Å². The first kappa shape index (κ1) is 21.1. The van der Waals surface area contributed by atoms with Gasteiger partial charge in [-0.3, -0.25) is 4.99 Å². The molecule has 1 aromatic rings. The van der Waals surface area contributed by atoms with E-state index in [1.165, 1.54) is 11.1 Å². The summed E-state index contributed by atoms with van der Waals surface area (Å²) >= 11 is 0. The molecule has 136 valence electrons. The van der Waals surface area contributed by atoms with Crippen molar-refractivity contribution in [3.63, 3.8) is 0 Å². The van der Waals surface area contributed by atoms with E-state index >= 15 is 0 Å². The summed E-state index contributed by atoms with van der Waals surface area (Å²) in [7, 11) is 0. The van der Waals surface area contributed by atoms with E-state index in [2.05, 4.69) is 34.7 Å². The second-order valence-corrected chi connectivity index (χ2v) is 6.08. The van der Waals surface area contributed by atoms with Crippen molar-refractivity contribution in [2.24, 2.45) is 4.99 Å². The van der Waals surface area contributed by atoms with Crippen molar-refractivity contribution in [1.82, 2.24) is 10.6 Å². The maximum absolute atomic E-state index is 12.2. The van der Waals surface area contributed by atoms with Gasteiger partial charge in [0.2, 0.25) is 0 Å². The van der Waals surface area contributed by atoms with Crippen LogP contribution in [0, 0.1) is 6.92 Å². The molecule has 1 fully saturated rings. The largest absolute Gasteiger partial charge is 0.390 e. The van der Waals surface area contributed by atoms with Crippen molar-refractivity contribution >= 4 is 29.9 Å². The number of nitrogens with zero attached hydrogens (tertiary/aromatic N) is 1. The Kier molecular flexibility index (Phi) is 7.82. The first-order valence-corrected chi connectivity index (χ1v) is 8.01. The van der Waals surface area contributed by atoms with E-state index in [0.29, 0.717) is 19.0 Å². The Labute approximate surface area is 158 Å². The van der Waals surface area contributed by atoms with Crippen LogP contribution < -0.4 is 10.6 Å². The summed E-state index contributed by atoms with van der Waals surface area (Å²) in [5, 5.41) is 5.77. The molecule has 0 spiro atoms. The number of halogens is 4. The quantitative estimate of drug-likeness (QED) is 0.384. The molecule has 24 heavy (non-hydrogen) atoms. The van der Waals surface area contributed by atoms with Crippen LogP contribution in [-0.4, -0.2) is 31.8 Å². The minimum atomic E-state index is -4.15. The Morgan fingerprint density at radius 3 is 2.42 bits per heavy atom. The van der Waals surface area contributed by atoms with Gasteiger partial charge in [-0.2, -0.15) is 13.2 Å². The Balaban J connectivity index is 0.00000288. The molecule has 0 radical (unpaired) electrons. The standard InChI is InChI=1S/C17H24F3N3.HI/c1-3-21-15(22-11-10-17(18,19)20)23-12-16(8-9-16)14-7-5-4-6-13(14)2;/h4-7H,3,8-12H2,1-2H3,(H2,21,22,23);1H. The number of hydrogen-bond acceptors (Lipinski definition) is 1. The molecule has 2 N–H and O–H groups in total. The average Bonchev–Trinajstić information content (AvgIpc) is 3.25. The van der Waals surface area contributed by atoms with Gasteiger partial charge in [-0.1, -0.05) is 24.3 Å². The first-order valence-electron chi connectivity index (χ1n) is 8.01. The first-order chi connectivity index (χ1) is 10.9. The van der Waals surface area contributed by atoms with E-state index < -0.39 is 12.6 Å². The van der Waals surface area contributed by atoms with Gasteiger partial charge in [-0.25, -0.2) is 0 Å². The van der Waals surface area contributed by atoms with Crippen LogP contribution >= 0.6 is 24.0 Å². The number of aryl methyl sites for hydroxylation is 1. The molecule has 7 heteroatoms. The van der Waals surface area contributed by atoms with Crippen molar-refractivity contribution in [2.75, 3.05) is 19.6 Å². The van der Waals surface area contributed by atoms with Gasteiger partial charge >= 0.3 is 6.18 Å². The number of aliphatic imine (C=N–C) groups is 1. The lowest BCUT2D eigenvalue weighted by Crippen LogP contribution is -2.39. The van der Waals surface area contributed by atoms with E-state index in [0.717, 1.165) is 12.8 Å². The molecular formula is C17H25F3IN3. The normalized spacial score (nSPS) is 16.3. The molecule has 1 saturated carbocycles. The van der Waals surface area contributed by atoms with Gasteiger partial charge in [0.1, 0.15) is 0 Å². The molecule has 1 aliphatic carbocycles. The molecule has 1 aliphatic rings.